The average Bonchev–Trinajstić information content (AvgIpc) is 2.97. The van der Waals surface area contributed by atoms with Gasteiger partial charge in [0.05, 0.1) is 19.8 Å². The van der Waals surface area contributed by atoms with E-state index in [4.69, 9.17) is 28.1 Å². The van der Waals surface area contributed by atoms with E-state index in [1.54, 1.807) is 6.07 Å². The Balaban J connectivity index is 1.36. The maximum Gasteiger partial charge on any atom is 0.229 e. The van der Waals surface area contributed by atoms with Crippen molar-refractivity contribution < 1.29 is 69.0 Å². The van der Waals surface area contributed by atoms with Crippen molar-refractivity contribution in [3.8, 4) is 34.3 Å². The molecule has 10 atom stereocenters. The lowest BCUT2D eigenvalue weighted by molar-refractivity contribution is -0.318. The molecule has 0 aliphatic carbocycles. The third-order valence-electron chi connectivity index (χ3n) is 7.40. The number of aliphatic hydroxyl groups excluding tert-OH is 6. The van der Waals surface area contributed by atoms with Crippen molar-refractivity contribution in [3.63, 3.8) is 0 Å². The van der Waals surface area contributed by atoms with E-state index in [1.165, 1.54) is 32.2 Å². The van der Waals surface area contributed by atoms with Gasteiger partial charge in [-0.2, -0.15) is 0 Å². The average molecular weight is 609 g/mol. The molecule has 8 N–H and O–H groups in total. The van der Waals surface area contributed by atoms with E-state index in [2.05, 4.69) is 0 Å². The number of hydrogen-bond donors (Lipinski definition) is 8. The molecule has 234 valence electrons. The summed E-state index contributed by atoms with van der Waals surface area (Å²) in [7, 11) is 1.38. The van der Waals surface area contributed by atoms with Crippen LogP contribution in [-0.2, 0) is 14.2 Å². The summed E-state index contributed by atoms with van der Waals surface area (Å²) in [4.78, 5) is 12.8. The van der Waals surface area contributed by atoms with Crippen LogP contribution < -0.4 is 14.9 Å². The summed E-state index contributed by atoms with van der Waals surface area (Å²) in [5, 5.41) is 82.0. The Morgan fingerprint density at radius 3 is 2.19 bits per heavy atom. The Morgan fingerprint density at radius 2 is 1.49 bits per heavy atom. The van der Waals surface area contributed by atoms with Gasteiger partial charge in [-0.25, -0.2) is 0 Å². The van der Waals surface area contributed by atoms with Gasteiger partial charge in [0.1, 0.15) is 71.0 Å². The van der Waals surface area contributed by atoms with Crippen molar-refractivity contribution in [2.75, 3.05) is 13.7 Å². The van der Waals surface area contributed by atoms with Gasteiger partial charge in [-0.05, 0) is 25.1 Å². The van der Waals surface area contributed by atoms with Gasteiger partial charge in [0.2, 0.25) is 6.29 Å². The zero-order valence-electron chi connectivity index (χ0n) is 22.9. The van der Waals surface area contributed by atoms with Crippen LogP contribution in [0.5, 0.6) is 23.0 Å². The molecule has 0 saturated carbocycles. The summed E-state index contributed by atoms with van der Waals surface area (Å²) in [6.45, 7) is 0.953. The number of hydrogen-bond acceptors (Lipinski definition) is 15. The smallest absolute Gasteiger partial charge is 0.229 e. The second-order valence-corrected chi connectivity index (χ2v) is 10.3. The molecular weight excluding hydrogens is 576 g/mol. The minimum absolute atomic E-state index is 0.0517. The summed E-state index contributed by atoms with van der Waals surface area (Å²) in [5.41, 5.74) is -0.381. The fourth-order valence-corrected chi connectivity index (χ4v) is 4.92. The first-order chi connectivity index (χ1) is 20.4. The minimum Gasteiger partial charge on any atom is -0.507 e. The molecule has 2 aromatic carbocycles. The molecular formula is C28H32O15. The maximum absolute atomic E-state index is 12.8. The lowest BCUT2D eigenvalue weighted by Gasteiger charge is -2.42. The second kappa shape index (κ2) is 12.2. The summed E-state index contributed by atoms with van der Waals surface area (Å²) in [6, 6.07) is 7.78. The molecule has 1 aromatic heterocycles. The number of phenolic OH excluding ortho intramolecular Hbond substituents is 2. The Kier molecular flexibility index (Phi) is 8.80. The number of methoxy groups -OCH3 is 1. The molecule has 3 aromatic rings. The van der Waals surface area contributed by atoms with Crippen LogP contribution in [0.1, 0.15) is 6.92 Å². The quantitative estimate of drug-likeness (QED) is 0.159. The lowest BCUT2D eigenvalue weighted by atomic mass is 9.98. The van der Waals surface area contributed by atoms with Gasteiger partial charge >= 0.3 is 0 Å². The minimum atomic E-state index is -1.78. The summed E-state index contributed by atoms with van der Waals surface area (Å²) >= 11 is 0. The number of fused-ring (bicyclic) bond motifs is 1. The van der Waals surface area contributed by atoms with Crippen LogP contribution in [0.2, 0.25) is 0 Å². The van der Waals surface area contributed by atoms with Gasteiger partial charge in [0.15, 0.2) is 23.2 Å². The van der Waals surface area contributed by atoms with Crippen LogP contribution in [0, 0.1) is 0 Å². The highest BCUT2D eigenvalue weighted by Gasteiger charge is 2.47. The first kappa shape index (κ1) is 30.9. The fraction of sp³-hybridized carbons (Fsp3) is 0.464. The molecule has 2 fully saturated rings. The first-order valence-electron chi connectivity index (χ1n) is 13.3. The largest absolute Gasteiger partial charge is 0.507 e. The third-order valence-corrected chi connectivity index (χ3v) is 7.40. The van der Waals surface area contributed by atoms with Crippen LogP contribution in [-0.4, -0.2) is 116 Å². The molecule has 0 bridgehead atoms. The monoisotopic (exact) mass is 608 g/mol. The number of rotatable bonds is 7. The molecule has 15 nitrogen and oxygen atoms in total. The van der Waals surface area contributed by atoms with Crippen molar-refractivity contribution in [1.29, 1.82) is 0 Å². The fourth-order valence-electron chi connectivity index (χ4n) is 4.92. The normalized spacial score (nSPS) is 32.9. The van der Waals surface area contributed by atoms with Gasteiger partial charge in [0.25, 0.3) is 0 Å². The van der Waals surface area contributed by atoms with Gasteiger partial charge in [0, 0.05) is 23.8 Å². The van der Waals surface area contributed by atoms with E-state index >= 15 is 0 Å². The van der Waals surface area contributed by atoms with E-state index in [0.29, 0.717) is 5.56 Å². The molecule has 2 aliphatic heterocycles. The van der Waals surface area contributed by atoms with E-state index < -0.39 is 79.2 Å². The molecule has 0 amide bonds. The highest BCUT2D eigenvalue weighted by molar-refractivity contribution is 5.86. The van der Waals surface area contributed by atoms with Crippen molar-refractivity contribution in [2.45, 2.75) is 68.3 Å². The van der Waals surface area contributed by atoms with Crippen molar-refractivity contribution in [1.82, 2.24) is 0 Å². The molecule has 0 spiro atoms. The number of phenols is 2. The standard InChI is InChI=1S/C28H32O15/c1-10-21(32)23(34)25(36)27(40-10)39-9-19-22(33)24(35)26(37)28(43-19)41-12-6-14(30)20-15(31)8-17(42-18(20)7-12)11-3-4-16(38-2)13(29)5-11/h3-8,10,19,21-30,32-37H,9H2,1-2H3/t10-,19-,21+,22+,23+,24+,25+,26+,27-,28-/m1/s1. The molecule has 0 unspecified atom stereocenters. The van der Waals surface area contributed by atoms with E-state index in [9.17, 15) is 45.6 Å². The molecule has 3 heterocycles. The molecule has 5 rings (SSSR count). The summed E-state index contributed by atoms with van der Waals surface area (Å²) < 4.78 is 32.9. The van der Waals surface area contributed by atoms with E-state index in [1.807, 2.05) is 0 Å². The zero-order chi connectivity index (χ0) is 31.2. The molecule has 0 radical (unpaired) electrons. The number of aromatic hydroxyl groups is 2. The Morgan fingerprint density at radius 1 is 0.791 bits per heavy atom. The Hall–Kier alpha value is -3.51. The highest BCUT2D eigenvalue weighted by Crippen LogP contribution is 2.35. The van der Waals surface area contributed by atoms with E-state index in [-0.39, 0.29) is 34.0 Å². The van der Waals surface area contributed by atoms with Crippen molar-refractivity contribution >= 4 is 11.0 Å². The molecule has 2 saturated heterocycles. The lowest BCUT2D eigenvalue weighted by Crippen LogP contribution is -2.61. The predicted octanol–water partition coefficient (Wildman–Crippen LogP) is -1.09. The van der Waals surface area contributed by atoms with Crippen LogP contribution in [0.25, 0.3) is 22.3 Å². The molecule has 15 heteroatoms. The van der Waals surface area contributed by atoms with Gasteiger partial charge in [-0.15, -0.1) is 0 Å². The SMILES string of the molecule is COc1ccc(-c2cc(=O)c3c(O)cc(O[C@@H]4O[C@H](CO[C@@H]5O[C@H](C)[C@H](O)[C@H](O)[C@@H]5O)[C@H](O)[C@H](O)[C@@H]4O)cc3o2)cc1O. The van der Waals surface area contributed by atoms with Crippen LogP contribution in [0.4, 0.5) is 0 Å². The van der Waals surface area contributed by atoms with Gasteiger partial charge in [-0.1, -0.05) is 0 Å². The molecule has 2 aliphatic rings. The Labute approximate surface area is 243 Å². The third kappa shape index (κ3) is 5.99. The summed E-state index contributed by atoms with van der Waals surface area (Å²) in [6.07, 6.45) is -15.0. The maximum atomic E-state index is 12.8. The van der Waals surface area contributed by atoms with Crippen LogP contribution in [0.15, 0.2) is 45.6 Å². The first-order valence-corrected chi connectivity index (χ1v) is 13.3. The van der Waals surface area contributed by atoms with Gasteiger partial charge < -0.3 is 69.0 Å². The topological polar surface area (TPSA) is 238 Å². The predicted molar refractivity (Wildman–Crippen MR) is 143 cm³/mol. The highest BCUT2D eigenvalue weighted by atomic mass is 16.7. The zero-order valence-corrected chi connectivity index (χ0v) is 22.9. The van der Waals surface area contributed by atoms with Crippen LogP contribution in [0.3, 0.4) is 0 Å². The van der Waals surface area contributed by atoms with Gasteiger partial charge in [-0.3, -0.25) is 4.79 Å². The second-order valence-electron chi connectivity index (χ2n) is 10.3. The van der Waals surface area contributed by atoms with Crippen molar-refractivity contribution in [2.24, 2.45) is 0 Å². The number of benzene rings is 2. The van der Waals surface area contributed by atoms with E-state index in [0.717, 1.165) is 12.1 Å². The molecule has 43 heavy (non-hydrogen) atoms. The van der Waals surface area contributed by atoms with Crippen molar-refractivity contribution in [3.05, 3.63) is 46.6 Å². The van der Waals surface area contributed by atoms with Crippen LogP contribution >= 0.6 is 0 Å². The number of ether oxygens (including phenoxy) is 5. The summed E-state index contributed by atoms with van der Waals surface area (Å²) in [5.74, 6) is -0.605. The Bertz CT molecular complexity index is 1510. The number of aliphatic hydroxyl groups is 6.